The van der Waals surface area contributed by atoms with Crippen LogP contribution in [0.3, 0.4) is 0 Å². The second-order valence-corrected chi connectivity index (χ2v) is 6.91. The summed E-state index contributed by atoms with van der Waals surface area (Å²) in [5, 5.41) is 10.2. The maximum Gasteiger partial charge on any atom is 0.317 e. The third-order valence-electron chi connectivity index (χ3n) is 5.19. The van der Waals surface area contributed by atoms with Gasteiger partial charge in [0.2, 0.25) is 5.91 Å². The standard InChI is InChI=1S/C19H24N6O3/c1-28-17-5-3-2-4-15(17)25-12-14(11-22-25)10-21-19(27)24-9-8-23-7-6-20-18(26)16(23)13-24/h2-5,11-12,16H,6-10,13H2,1H3,(H,20,26)(H,21,27). The van der Waals surface area contributed by atoms with E-state index in [0.29, 0.717) is 26.2 Å². The van der Waals surface area contributed by atoms with Gasteiger partial charge in [0, 0.05) is 51.0 Å². The zero-order valence-electron chi connectivity index (χ0n) is 15.8. The number of fused-ring (bicyclic) bond motifs is 1. The van der Waals surface area contributed by atoms with Crippen LogP contribution in [0.15, 0.2) is 36.7 Å². The summed E-state index contributed by atoms with van der Waals surface area (Å²) in [7, 11) is 1.62. The van der Waals surface area contributed by atoms with Crippen molar-refractivity contribution >= 4 is 11.9 Å². The molecule has 1 atom stereocenters. The minimum Gasteiger partial charge on any atom is -0.494 e. The van der Waals surface area contributed by atoms with Crippen molar-refractivity contribution in [3.05, 3.63) is 42.2 Å². The molecule has 3 amide bonds. The number of carbonyl (C=O) groups excluding carboxylic acids is 2. The number of piperazine rings is 2. The van der Waals surface area contributed by atoms with E-state index in [1.807, 2.05) is 30.5 Å². The molecule has 1 aromatic heterocycles. The van der Waals surface area contributed by atoms with Crippen molar-refractivity contribution in [3.63, 3.8) is 0 Å². The summed E-state index contributed by atoms with van der Waals surface area (Å²) in [5.74, 6) is 0.728. The third-order valence-corrected chi connectivity index (χ3v) is 5.19. The summed E-state index contributed by atoms with van der Waals surface area (Å²) < 4.78 is 7.09. The van der Waals surface area contributed by atoms with Crippen LogP contribution >= 0.6 is 0 Å². The van der Waals surface area contributed by atoms with Gasteiger partial charge in [0.15, 0.2) is 0 Å². The summed E-state index contributed by atoms with van der Waals surface area (Å²) in [6.07, 6.45) is 3.59. The van der Waals surface area contributed by atoms with Gasteiger partial charge in [0.1, 0.15) is 17.5 Å². The molecule has 4 rings (SSSR count). The molecule has 0 aliphatic carbocycles. The number of aromatic nitrogens is 2. The normalized spacial score (nSPS) is 19.7. The first-order chi connectivity index (χ1) is 13.7. The van der Waals surface area contributed by atoms with E-state index in [1.54, 1.807) is 22.9 Å². The number of benzene rings is 1. The van der Waals surface area contributed by atoms with E-state index in [9.17, 15) is 9.59 Å². The van der Waals surface area contributed by atoms with Crippen LogP contribution in [-0.2, 0) is 11.3 Å². The van der Waals surface area contributed by atoms with Crippen molar-refractivity contribution in [1.29, 1.82) is 0 Å². The molecule has 0 saturated carbocycles. The van der Waals surface area contributed by atoms with Crippen LogP contribution in [0.5, 0.6) is 5.75 Å². The van der Waals surface area contributed by atoms with E-state index in [0.717, 1.165) is 30.1 Å². The molecule has 28 heavy (non-hydrogen) atoms. The van der Waals surface area contributed by atoms with Gasteiger partial charge in [-0.25, -0.2) is 9.48 Å². The number of nitrogens with zero attached hydrogens (tertiary/aromatic N) is 4. The number of methoxy groups -OCH3 is 1. The first kappa shape index (κ1) is 18.3. The highest BCUT2D eigenvalue weighted by Crippen LogP contribution is 2.21. The van der Waals surface area contributed by atoms with Crippen molar-refractivity contribution in [2.75, 3.05) is 39.8 Å². The lowest BCUT2D eigenvalue weighted by Gasteiger charge is -2.42. The van der Waals surface area contributed by atoms with Gasteiger partial charge in [-0.2, -0.15) is 5.10 Å². The van der Waals surface area contributed by atoms with Crippen molar-refractivity contribution < 1.29 is 14.3 Å². The molecule has 3 heterocycles. The summed E-state index contributed by atoms with van der Waals surface area (Å²) >= 11 is 0. The van der Waals surface area contributed by atoms with Crippen LogP contribution in [0.2, 0.25) is 0 Å². The molecule has 2 aromatic rings. The van der Waals surface area contributed by atoms with Crippen LogP contribution < -0.4 is 15.4 Å². The highest BCUT2D eigenvalue weighted by molar-refractivity contribution is 5.84. The van der Waals surface area contributed by atoms with E-state index in [1.165, 1.54) is 0 Å². The number of ether oxygens (including phenoxy) is 1. The Hall–Kier alpha value is -3.07. The van der Waals surface area contributed by atoms with Crippen LogP contribution in [0.4, 0.5) is 4.79 Å². The molecule has 2 aliphatic rings. The highest BCUT2D eigenvalue weighted by atomic mass is 16.5. The number of amides is 3. The molecule has 9 heteroatoms. The lowest BCUT2D eigenvalue weighted by molar-refractivity contribution is -0.131. The monoisotopic (exact) mass is 384 g/mol. The second-order valence-electron chi connectivity index (χ2n) is 6.91. The molecule has 2 saturated heterocycles. The van der Waals surface area contributed by atoms with E-state index < -0.39 is 0 Å². The number of hydrogen-bond donors (Lipinski definition) is 2. The minimum absolute atomic E-state index is 0.00170. The third kappa shape index (κ3) is 3.65. The fraction of sp³-hybridized carbons (Fsp3) is 0.421. The van der Waals surface area contributed by atoms with Crippen LogP contribution in [0, 0.1) is 0 Å². The van der Waals surface area contributed by atoms with E-state index >= 15 is 0 Å². The van der Waals surface area contributed by atoms with Gasteiger partial charge in [-0.3, -0.25) is 9.69 Å². The average molecular weight is 384 g/mol. The Labute approximate surface area is 163 Å². The molecule has 1 unspecified atom stereocenters. The molecule has 2 N–H and O–H groups in total. The van der Waals surface area contributed by atoms with Crippen molar-refractivity contribution in [2.45, 2.75) is 12.6 Å². The number of carbonyl (C=O) groups is 2. The number of rotatable bonds is 4. The molecule has 0 bridgehead atoms. The Morgan fingerprint density at radius 3 is 3.04 bits per heavy atom. The van der Waals surface area contributed by atoms with Crippen molar-refractivity contribution in [2.24, 2.45) is 0 Å². The lowest BCUT2D eigenvalue weighted by Crippen LogP contribution is -2.65. The summed E-state index contributed by atoms with van der Waals surface area (Å²) in [5.41, 5.74) is 1.72. The van der Waals surface area contributed by atoms with Gasteiger partial charge in [-0.05, 0) is 12.1 Å². The smallest absolute Gasteiger partial charge is 0.317 e. The predicted molar refractivity (Wildman–Crippen MR) is 102 cm³/mol. The fourth-order valence-corrected chi connectivity index (χ4v) is 3.65. The van der Waals surface area contributed by atoms with Crippen LogP contribution in [0.25, 0.3) is 5.69 Å². The topological polar surface area (TPSA) is 91.7 Å². The SMILES string of the molecule is COc1ccccc1-n1cc(CNC(=O)N2CCN3CCNC(=O)C3C2)cn1. The second kappa shape index (κ2) is 7.89. The highest BCUT2D eigenvalue weighted by Gasteiger charge is 2.36. The molecule has 2 aliphatic heterocycles. The average Bonchev–Trinajstić information content (AvgIpc) is 3.21. The molecule has 0 spiro atoms. The molecular formula is C19H24N6O3. The number of urea groups is 1. The minimum atomic E-state index is -0.249. The molecular weight excluding hydrogens is 360 g/mol. The Kier molecular flexibility index (Phi) is 5.16. The largest absolute Gasteiger partial charge is 0.494 e. The maximum absolute atomic E-state index is 12.5. The van der Waals surface area contributed by atoms with Crippen LogP contribution in [0.1, 0.15) is 5.56 Å². The van der Waals surface area contributed by atoms with Gasteiger partial charge in [0.25, 0.3) is 0 Å². The summed E-state index contributed by atoms with van der Waals surface area (Å²) in [6, 6.07) is 7.20. The number of hydrogen-bond acceptors (Lipinski definition) is 5. The molecule has 1 aromatic carbocycles. The molecule has 9 nitrogen and oxygen atoms in total. The predicted octanol–water partition coefficient (Wildman–Crippen LogP) is 0.207. The first-order valence-electron chi connectivity index (χ1n) is 9.37. The zero-order valence-corrected chi connectivity index (χ0v) is 15.8. The lowest BCUT2D eigenvalue weighted by atomic mass is 10.1. The van der Waals surface area contributed by atoms with E-state index in [4.69, 9.17) is 4.74 Å². The maximum atomic E-state index is 12.5. The zero-order chi connectivity index (χ0) is 19.5. The van der Waals surface area contributed by atoms with Gasteiger partial charge in [0.05, 0.1) is 13.3 Å². The van der Waals surface area contributed by atoms with Gasteiger partial charge < -0.3 is 20.3 Å². The molecule has 2 fully saturated rings. The van der Waals surface area contributed by atoms with Gasteiger partial charge in [-0.15, -0.1) is 0 Å². The quantitative estimate of drug-likeness (QED) is 0.786. The molecule has 148 valence electrons. The Morgan fingerprint density at radius 2 is 2.18 bits per heavy atom. The van der Waals surface area contributed by atoms with Gasteiger partial charge in [-0.1, -0.05) is 12.1 Å². The Bertz CT molecular complexity index is 867. The Morgan fingerprint density at radius 1 is 1.32 bits per heavy atom. The Balaban J connectivity index is 1.35. The number of nitrogens with one attached hydrogen (secondary N) is 2. The molecule has 0 radical (unpaired) electrons. The summed E-state index contributed by atoms with van der Waals surface area (Å²) in [6.45, 7) is 3.64. The number of para-hydroxylation sites is 2. The van der Waals surface area contributed by atoms with Crippen molar-refractivity contribution in [3.8, 4) is 11.4 Å². The van der Waals surface area contributed by atoms with Crippen LogP contribution in [-0.4, -0.2) is 77.4 Å². The van der Waals surface area contributed by atoms with Gasteiger partial charge >= 0.3 is 6.03 Å². The summed E-state index contributed by atoms with van der Waals surface area (Å²) in [4.78, 5) is 28.4. The first-order valence-corrected chi connectivity index (χ1v) is 9.37. The fourth-order valence-electron chi connectivity index (χ4n) is 3.65. The van der Waals surface area contributed by atoms with Crippen molar-refractivity contribution in [1.82, 2.24) is 30.2 Å². The van der Waals surface area contributed by atoms with E-state index in [-0.39, 0.29) is 18.0 Å². The van der Waals surface area contributed by atoms with E-state index in [2.05, 4.69) is 20.6 Å².